The molecule has 1 heterocycles. The van der Waals surface area contributed by atoms with Crippen molar-refractivity contribution in [3.05, 3.63) is 33.8 Å². The summed E-state index contributed by atoms with van der Waals surface area (Å²) < 4.78 is 0. The van der Waals surface area contributed by atoms with E-state index in [9.17, 15) is 5.11 Å². The van der Waals surface area contributed by atoms with Crippen LogP contribution in [-0.2, 0) is 6.54 Å². The van der Waals surface area contributed by atoms with Gasteiger partial charge in [0.2, 0.25) is 0 Å². The second-order valence-corrected chi connectivity index (χ2v) is 5.51. The van der Waals surface area contributed by atoms with Crippen molar-refractivity contribution < 1.29 is 5.11 Å². The van der Waals surface area contributed by atoms with Gasteiger partial charge in [0, 0.05) is 29.7 Å². The van der Waals surface area contributed by atoms with Crippen molar-refractivity contribution in [1.82, 2.24) is 4.90 Å². The average molecular weight is 274 g/mol. The van der Waals surface area contributed by atoms with Crippen LogP contribution in [0.2, 0.25) is 10.0 Å². The number of nitrogens with zero attached hydrogens (tertiary/aromatic N) is 1. The predicted molar refractivity (Wildman–Crippen MR) is 71.5 cm³/mol. The van der Waals surface area contributed by atoms with Crippen molar-refractivity contribution in [2.75, 3.05) is 19.7 Å². The largest absolute Gasteiger partial charge is 0.396 e. The van der Waals surface area contributed by atoms with Crippen molar-refractivity contribution in [1.29, 1.82) is 0 Å². The van der Waals surface area contributed by atoms with Crippen molar-refractivity contribution in [3.8, 4) is 0 Å². The predicted octanol–water partition coefficient (Wildman–Crippen LogP) is 3.20. The second kappa shape index (κ2) is 6.05. The van der Waals surface area contributed by atoms with Gasteiger partial charge in [-0.25, -0.2) is 0 Å². The van der Waals surface area contributed by atoms with Crippen LogP contribution in [0.4, 0.5) is 0 Å². The van der Waals surface area contributed by atoms with Gasteiger partial charge in [-0.2, -0.15) is 0 Å². The van der Waals surface area contributed by atoms with Gasteiger partial charge in [-0.3, -0.25) is 4.90 Å². The summed E-state index contributed by atoms with van der Waals surface area (Å²) in [6, 6.07) is 5.57. The summed E-state index contributed by atoms with van der Waals surface area (Å²) >= 11 is 12.1. The number of aliphatic hydroxyl groups is 1. The molecule has 2 rings (SSSR count). The fourth-order valence-corrected chi connectivity index (χ4v) is 2.72. The summed E-state index contributed by atoms with van der Waals surface area (Å²) in [5, 5.41) is 10.7. The summed E-state index contributed by atoms with van der Waals surface area (Å²) in [7, 11) is 0. The lowest BCUT2D eigenvalue weighted by atomic mass is 9.98. The first-order valence-corrected chi connectivity index (χ1v) is 6.72. The Morgan fingerprint density at radius 3 is 2.94 bits per heavy atom. The minimum atomic E-state index is 0.278. The maximum absolute atomic E-state index is 9.20. The Morgan fingerprint density at radius 1 is 1.35 bits per heavy atom. The van der Waals surface area contributed by atoms with E-state index in [1.807, 2.05) is 12.1 Å². The smallest absolute Gasteiger partial charge is 0.0471 e. The quantitative estimate of drug-likeness (QED) is 0.915. The third-order valence-electron chi connectivity index (χ3n) is 3.26. The van der Waals surface area contributed by atoms with Crippen molar-refractivity contribution in [3.63, 3.8) is 0 Å². The summed E-state index contributed by atoms with van der Waals surface area (Å²) in [6.07, 6.45) is 2.26. The van der Waals surface area contributed by atoms with E-state index in [1.54, 1.807) is 6.07 Å². The SMILES string of the molecule is OC[C@H]1CCCN(Cc2cc(Cl)ccc2Cl)C1. The summed E-state index contributed by atoms with van der Waals surface area (Å²) in [6.45, 7) is 3.11. The number of hydrogen-bond acceptors (Lipinski definition) is 2. The fourth-order valence-electron chi connectivity index (χ4n) is 2.35. The van der Waals surface area contributed by atoms with Crippen LogP contribution in [0.3, 0.4) is 0 Å². The molecule has 0 spiro atoms. The minimum Gasteiger partial charge on any atom is -0.396 e. The number of likely N-dealkylation sites (tertiary alicyclic amines) is 1. The Labute approximate surface area is 112 Å². The van der Waals surface area contributed by atoms with Crippen LogP contribution < -0.4 is 0 Å². The van der Waals surface area contributed by atoms with E-state index in [-0.39, 0.29) is 6.61 Å². The second-order valence-electron chi connectivity index (χ2n) is 4.66. The molecule has 1 aromatic rings. The molecule has 1 aliphatic heterocycles. The first-order valence-electron chi connectivity index (χ1n) is 5.96. The molecule has 4 heteroatoms. The maximum atomic E-state index is 9.20. The molecule has 1 atom stereocenters. The van der Waals surface area contributed by atoms with Gasteiger partial charge in [0.25, 0.3) is 0 Å². The summed E-state index contributed by atoms with van der Waals surface area (Å²) in [5.41, 5.74) is 1.07. The molecular formula is C13H17Cl2NO. The topological polar surface area (TPSA) is 23.5 Å². The summed E-state index contributed by atoms with van der Waals surface area (Å²) in [4.78, 5) is 2.34. The number of rotatable bonds is 3. The summed E-state index contributed by atoms with van der Waals surface area (Å²) in [5.74, 6) is 0.404. The highest BCUT2D eigenvalue weighted by molar-refractivity contribution is 6.33. The van der Waals surface area contributed by atoms with Gasteiger partial charge in [0.05, 0.1) is 0 Å². The van der Waals surface area contributed by atoms with Crippen LogP contribution in [0.15, 0.2) is 18.2 Å². The third kappa shape index (κ3) is 3.59. The standard InChI is InChI=1S/C13H17Cl2NO/c14-12-3-4-13(15)11(6-12)8-16-5-1-2-10(7-16)9-17/h3-4,6,10,17H,1-2,5,7-9H2/t10-/m0/s1. The minimum absolute atomic E-state index is 0.278. The molecule has 0 bridgehead atoms. The molecule has 0 saturated carbocycles. The molecule has 17 heavy (non-hydrogen) atoms. The Morgan fingerprint density at radius 2 is 2.18 bits per heavy atom. The molecule has 0 unspecified atom stereocenters. The lowest BCUT2D eigenvalue weighted by Gasteiger charge is -2.32. The average Bonchev–Trinajstić information content (AvgIpc) is 2.34. The number of benzene rings is 1. The van der Waals surface area contributed by atoms with Gasteiger partial charge in [-0.15, -0.1) is 0 Å². The number of piperidine rings is 1. The van der Waals surface area contributed by atoms with Gasteiger partial charge in [-0.05, 0) is 49.1 Å². The third-order valence-corrected chi connectivity index (χ3v) is 3.87. The number of aliphatic hydroxyl groups excluding tert-OH is 1. The molecule has 1 saturated heterocycles. The number of hydrogen-bond donors (Lipinski definition) is 1. The number of halogens is 2. The zero-order valence-corrected chi connectivity index (χ0v) is 11.2. The molecule has 0 aromatic heterocycles. The molecule has 1 aliphatic rings. The first-order chi connectivity index (χ1) is 8.19. The normalized spacial score (nSPS) is 21.7. The molecule has 0 amide bonds. The lowest BCUT2D eigenvalue weighted by molar-refractivity contribution is 0.116. The maximum Gasteiger partial charge on any atom is 0.0471 e. The van der Waals surface area contributed by atoms with E-state index in [1.165, 1.54) is 0 Å². The highest BCUT2D eigenvalue weighted by Gasteiger charge is 2.19. The molecule has 1 N–H and O–H groups in total. The van der Waals surface area contributed by atoms with Crippen LogP contribution in [0, 0.1) is 5.92 Å². The zero-order chi connectivity index (χ0) is 12.3. The fraction of sp³-hybridized carbons (Fsp3) is 0.538. The van der Waals surface area contributed by atoms with Crippen LogP contribution in [0.1, 0.15) is 18.4 Å². The van der Waals surface area contributed by atoms with Gasteiger partial charge in [0.15, 0.2) is 0 Å². The van der Waals surface area contributed by atoms with E-state index < -0.39 is 0 Å². The van der Waals surface area contributed by atoms with E-state index >= 15 is 0 Å². The molecule has 0 radical (unpaired) electrons. The molecule has 1 fully saturated rings. The van der Waals surface area contributed by atoms with Crippen LogP contribution >= 0.6 is 23.2 Å². The Bertz CT molecular complexity index is 384. The van der Waals surface area contributed by atoms with Crippen molar-refractivity contribution in [2.45, 2.75) is 19.4 Å². The van der Waals surface area contributed by atoms with E-state index in [0.29, 0.717) is 5.92 Å². The first kappa shape index (κ1) is 13.2. The van der Waals surface area contributed by atoms with Gasteiger partial charge < -0.3 is 5.11 Å². The Balaban J connectivity index is 2.02. The molecule has 94 valence electrons. The molecular weight excluding hydrogens is 257 g/mol. The van der Waals surface area contributed by atoms with Crippen LogP contribution in [-0.4, -0.2) is 29.7 Å². The van der Waals surface area contributed by atoms with Gasteiger partial charge in [-0.1, -0.05) is 23.2 Å². The van der Waals surface area contributed by atoms with Crippen molar-refractivity contribution in [2.24, 2.45) is 5.92 Å². The van der Waals surface area contributed by atoms with Crippen LogP contribution in [0.5, 0.6) is 0 Å². The lowest BCUT2D eigenvalue weighted by Crippen LogP contribution is -2.36. The monoisotopic (exact) mass is 273 g/mol. The van der Waals surface area contributed by atoms with E-state index in [4.69, 9.17) is 23.2 Å². The Kier molecular flexibility index (Phi) is 4.69. The Hall–Kier alpha value is -0.280. The molecule has 1 aromatic carbocycles. The van der Waals surface area contributed by atoms with E-state index in [2.05, 4.69) is 4.90 Å². The zero-order valence-electron chi connectivity index (χ0n) is 9.70. The molecule has 2 nitrogen and oxygen atoms in total. The highest BCUT2D eigenvalue weighted by Crippen LogP contribution is 2.24. The van der Waals surface area contributed by atoms with Gasteiger partial charge >= 0.3 is 0 Å². The molecule has 0 aliphatic carbocycles. The van der Waals surface area contributed by atoms with Crippen LogP contribution in [0.25, 0.3) is 0 Å². The highest BCUT2D eigenvalue weighted by atomic mass is 35.5. The van der Waals surface area contributed by atoms with E-state index in [0.717, 1.165) is 48.1 Å². The van der Waals surface area contributed by atoms with Gasteiger partial charge in [0.1, 0.15) is 0 Å². The van der Waals surface area contributed by atoms with Crippen molar-refractivity contribution >= 4 is 23.2 Å².